The Bertz CT molecular complexity index is 565. The van der Waals surface area contributed by atoms with Gasteiger partial charge in [0.25, 0.3) is 0 Å². The van der Waals surface area contributed by atoms with Gasteiger partial charge in [-0.3, -0.25) is 0 Å². The van der Waals surface area contributed by atoms with Crippen LogP contribution in [0.5, 0.6) is 0 Å². The molecule has 0 amide bonds. The van der Waals surface area contributed by atoms with E-state index in [0.717, 1.165) is 0 Å². The van der Waals surface area contributed by atoms with Crippen molar-refractivity contribution in [1.29, 1.82) is 0 Å². The van der Waals surface area contributed by atoms with Crippen LogP contribution in [0, 0.1) is 13.8 Å². The fraction of sp³-hybridized carbons (Fsp3) is 0.294. The summed E-state index contributed by atoms with van der Waals surface area (Å²) in [6, 6.07) is 16.5. The summed E-state index contributed by atoms with van der Waals surface area (Å²) < 4.78 is 12.9. The van der Waals surface area contributed by atoms with Gasteiger partial charge < -0.3 is 4.57 Å². The van der Waals surface area contributed by atoms with Gasteiger partial charge in [-0.1, -0.05) is 48.5 Å². The third kappa shape index (κ3) is 3.81. The van der Waals surface area contributed by atoms with Gasteiger partial charge in [0, 0.05) is 12.3 Å². The Kier molecular flexibility index (Phi) is 4.27. The standard InChI is InChI=1S/C17H21OP/c1-14-8-4-6-10-16(14)12-19(3,18)13-17-11-7-5-9-15(17)2/h4-11H,12-13H2,1-3H3. The zero-order chi connectivity index (χ0) is 13.9. The molecule has 0 bridgehead atoms. The number of rotatable bonds is 4. The van der Waals surface area contributed by atoms with Gasteiger partial charge in [0.2, 0.25) is 0 Å². The van der Waals surface area contributed by atoms with Gasteiger partial charge in [0.15, 0.2) is 0 Å². The molecule has 2 heteroatoms. The van der Waals surface area contributed by atoms with E-state index >= 15 is 0 Å². The lowest BCUT2D eigenvalue weighted by molar-refractivity contribution is 0.577. The Morgan fingerprint density at radius 1 is 0.789 bits per heavy atom. The van der Waals surface area contributed by atoms with Crippen LogP contribution in [0.3, 0.4) is 0 Å². The molecule has 0 aromatic heterocycles. The number of benzene rings is 2. The molecule has 2 aromatic carbocycles. The molecule has 19 heavy (non-hydrogen) atoms. The summed E-state index contributed by atoms with van der Waals surface area (Å²) in [6.45, 7) is 6.10. The highest BCUT2D eigenvalue weighted by Crippen LogP contribution is 2.49. The molecule has 2 aromatic rings. The van der Waals surface area contributed by atoms with E-state index in [9.17, 15) is 4.57 Å². The SMILES string of the molecule is Cc1ccccc1CP(C)(=O)Cc1ccccc1C. The first-order valence-corrected chi connectivity index (χ1v) is 9.15. The van der Waals surface area contributed by atoms with Crippen molar-refractivity contribution in [1.82, 2.24) is 0 Å². The molecule has 0 atom stereocenters. The largest absolute Gasteiger partial charge is 0.323 e. The van der Waals surface area contributed by atoms with E-state index in [4.69, 9.17) is 0 Å². The minimum absolute atomic E-state index is 0.688. The average molecular weight is 272 g/mol. The molecule has 0 aliphatic rings. The molecule has 2 rings (SSSR count). The molecule has 0 aliphatic carbocycles. The van der Waals surface area contributed by atoms with Crippen LogP contribution < -0.4 is 0 Å². The van der Waals surface area contributed by atoms with Gasteiger partial charge in [0.1, 0.15) is 0 Å². The van der Waals surface area contributed by atoms with Gasteiger partial charge in [-0.05, 0) is 42.8 Å². The second-order valence-electron chi connectivity index (χ2n) is 5.47. The van der Waals surface area contributed by atoms with Gasteiger partial charge in [0.05, 0.1) is 7.14 Å². The summed E-state index contributed by atoms with van der Waals surface area (Å²) >= 11 is 0. The second kappa shape index (κ2) is 5.75. The van der Waals surface area contributed by atoms with Crippen LogP contribution in [0.2, 0.25) is 0 Å². The predicted molar refractivity (Wildman–Crippen MR) is 83.3 cm³/mol. The van der Waals surface area contributed by atoms with Crippen LogP contribution in [0.25, 0.3) is 0 Å². The third-order valence-electron chi connectivity index (χ3n) is 3.53. The monoisotopic (exact) mass is 272 g/mol. The molecule has 0 saturated heterocycles. The van der Waals surface area contributed by atoms with Crippen LogP contribution in [-0.4, -0.2) is 6.66 Å². The molecule has 0 heterocycles. The highest BCUT2D eigenvalue weighted by atomic mass is 31.2. The van der Waals surface area contributed by atoms with E-state index in [2.05, 4.69) is 38.1 Å². The van der Waals surface area contributed by atoms with Crippen LogP contribution in [0.4, 0.5) is 0 Å². The molecule has 100 valence electrons. The van der Waals surface area contributed by atoms with Crippen molar-refractivity contribution in [2.75, 3.05) is 6.66 Å². The molecular weight excluding hydrogens is 251 g/mol. The summed E-state index contributed by atoms with van der Waals surface area (Å²) in [4.78, 5) is 0. The summed E-state index contributed by atoms with van der Waals surface area (Å²) in [5.74, 6) is 0. The first-order chi connectivity index (χ1) is 8.98. The quantitative estimate of drug-likeness (QED) is 0.716. The number of hydrogen-bond donors (Lipinski definition) is 0. The molecule has 0 saturated carbocycles. The maximum Gasteiger partial charge on any atom is 0.0932 e. The molecule has 0 spiro atoms. The third-order valence-corrected chi connectivity index (χ3v) is 5.55. The lowest BCUT2D eigenvalue weighted by Crippen LogP contribution is -1.96. The van der Waals surface area contributed by atoms with Crippen LogP contribution in [0.15, 0.2) is 48.5 Å². The summed E-state index contributed by atoms with van der Waals surface area (Å²) in [7, 11) is -2.19. The Balaban J connectivity index is 2.18. The van der Waals surface area contributed by atoms with E-state index in [0.29, 0.717) is 12.3 Å². The van der Waals surface area contributed by atoms with E-state index in [1.165, 1.54) is 22.3 Å². The van der Waals surface area contributed by atoms with Crippen molar-refractivity contribution < 1.29 is 4.57 Å². The topological polar surface area (TPSA) is 17.1 Å². The van der Waals surface area contributed by atoms with Gasteiger partial charge in [-0.25, -0.2) is 0 Å². The van der Waals surface area contributed by atoms with Crippen molar-refractivity contribution in [3.8, 4) is 0 Å². The van der Waals surface area contributed by atoms with E-state index < -0.39 is 7.14 Å². The van der Waals surface area contributed by atoms with Crippen LogP contribution in [-0.2, 0) is 16.9 Å². The molecule has 0 radical (unpaired) electrons. The molecule has 1 nitrogen and oxygen atoms in total. The highest BCUT2D eigenvalue weighted by Gasteiger charge is 2.18. The minimum atomic E-state index is -2.19. The van der Waals surface area contributed by atoms with E-state index in [1.54, 1.807) is 0 Å². The van der Waals surface area contributed by atoms with Gasteiger partial charge >= 0.3 is 0 Å². The Hall–Kier alpha value is -1.33. The van der Waals surface area contributed by atoms with Crippen molar-refractivity contribution >= 4 is 7.14 Å². The molecule has 0 fully saturated rings. The van der Waals surface area contributed by atoms with Crippen LogP contribution >= 0.6 is 7.14 Å². The maximum atomic E-state index is 12.9. The van der Waals surface area contributed by atoms with Crippen molar-refractivity contribution in [3.63, 3.8) is 0 Å². The zero-order valence-corrected chi connectivity index (χ0v) is 12.8. The Morgan fingerprint density at radius 2 is 1.16 bits per heavy atom. The van der Waals surface area contributed by atoms with E-state index in [-0.39, 0.29) is 0 Å². The summed E-state index contributed by atoms with van der Waals surface area (Å²) in [6.07, 6.45) is 1.38. The lowest BCUT2D eigenvalue weighted by Gasteiger charge is -2.16. The normalized spacial score (nSPS) is 11.5. The minimum Gasteiger partial charge on any atom is -0.323 e. The van der Waals surface area contributed by atoms with Crippen molar-refractivity contribution in [2.24, 2.45) is 0 Å². The molecule has 0 unspecified atom stereocenters. The lowest BCUT2D eigenvalue weighted by atomic mass is 10.1. The predicted octanol–water partition coefficient (Wildman–Crippen LogP) is 5.00. The first kappa shape index (κ1) is 14.1. The number of hydrogen-bond acceptors (Lipinski definition) is 1. The summed E-state index contributed by atoms with van der Waals surface area (Å²) in [5.41, 5.74) is 4.88. The second-order valence-corrected chi connectivity index (χ2v) is 8.69. The molecule has 0 N–H and O–H groups in total. The fourth-order valence-electron chi connectivity index (χ4n) is 2.35. The molecular formula is C17H21OP. The molecule has 0 aliphatic heterocycles. The van der Waals surface area contributed by atoms with E-state index in [1.807, 2.05) is 30.9 Å². The average Bonchev–Trinajstić information content (AvgIpc) is 2.35. The van der Waals surface area contributed by atoms with Gasteiger partial charge in [-0.15, -0.1) is 0 Å². The highest BCUT2D eigenvalue weighted by molar-refractivity contribution is 7.61. The zero-order valence-electron chi connectivity index (χ0n) is 11.9. The van der Waals surface area contributed by atoms with Gasteiger partial charge in [-0.2, -0.15) is 0 Å². The summed E-state index contributed by atoms with van der Waals surface area (Å²) in [5, 5.41) is 0. The van der Waals surface area contributed by atoms with Crippen molar-refractivity contribution in [2.45, 2.75) is 26.2 Å². The number of aryl methyl sites for hydroxylation is 2. The first-order valence-electron chi connectivity index (χ1n) is 6.62. The fourth-order valence-corrected chi connectivity index (χ4v) is 4.61. The smallest absolute Gasteiger partial charge is 0.0932 e. The van der Waals surface area contributed by atoms with Crippen LogP contribution in [0.1, 0.15) is 22.3 Å². The maximum absolute atomic E-state index is 12.9. The Labute approximate surface area is 116 Å². The Morgan fingerprint density at radius 3 is 1.53 bits per heavy atom. The van der Waals surface area contributed by atoms with Crippen molar-refractivity contribution in [3.05, 3.63) is 70.8 Å².